The zero-order valence-electron chi connectivity index (χ0n) is 12.8. The summed E-state index contributed by atoms with van der Waals surface area (Å²) in [5.41, 5.74) is 0.607. The number of amides is 3. The third-order valence-corrected chi connectivity index (χ3v) is 4.84. The van der Waals surface area contributed by atoms with E-state index in [9.17, 15) is 14.4 Å². The summed E-state index contributed by atoms with van der Waals surface area (Å²) in [4.78, 5) is 37.9. The molecule has 5 nitrogen and oxygen atoms in total. The van der Waals surface area contributed by atoms with Crippen LogP contribution in [-0.2, 0) is 14.4 Å². The van der Waals surface area contributed by atoms with Crippen LogP contribution in [0.1, 0.15) is 32.1 Å². The van der Waals surface area contributed by atoms with Crippen LogP contribution in [0.3, 0.4) is 0 Å². The molecular formula is C17H19ClN2O3. The lowest BCUT2D eigenvalue weighted by Crippen LogP contribution is -2.34. The number of hydrogen-bond acceptors (Lipinski definition) is 3. The number of fused-ring (bicyclic) bond motifs is 1. The molecule has 1 aromatic rings. The van der Waals surface area contributed by atoms with E-state index in [1.54, 1.807) is 24.3 Å². The van der Waals surface area contributed by atoms with Gasteiger partial charge in [-0.25, -0.2) is 0 Å². The van der Waals surface area contributed by atoms with Crippen molar-refractivity contribution >= 4 is 35.0 Å². The van der Waals surface area contributed by atoms with Crippen molar-refractivity contribution in [3.63, 3.8) is 0 Å². The second-order valence-electron chi connectivity index (χ2n) is 6.13. The summed E-state index contributed by atoms with van der Waals surface area (Å²) in [6.07, 6.45) is 3.69. The minimum absolute atomic E-state index is 0.101. The minimum Gasteiger partial charge on any atom is -0.326 e. The topological polar surface area (TPSA) is 66.5 Å². The molecule has 1 saturated heterocycles. The van der Waals surface area contributed by atoms with Crippen LogP contribution >= 0.6 is 11.6 Å². The molecule has 1 aliphatic carbocycles. The van der Waals surface area contributed by atoms with E-state index in [0.717, 1.165) is 25.7 Å². The first kappa shape index (κ1) is 16.0. The Morgan fingerprint density at radius 3 is 2.43 bits per heavy atom. The normalized spacial score (nSPS) is 23.8. The third kappa shape index (κ3) is 3.39. The zero-order chi connectivity index (χ0) is 16.4. The maximum Gasteiger partial charge on any atom is 0.233 e. The Balaban J connectivity index is 1.56. The highest BCUT2D eigenvalue weighted by Gasteiger charge is 2.47. The van der Waals surface area contributed by atoms with Crippen molar-refractivity contribution < 1.29 is 14.4 Å². The molecule has 2 aliphatic rings. The van der Waals surface area contributed by atoms with E-state index in [-0.39, 0.29) is 42.5 Å². The van der Waals surface area contributed by atoms with Crippen molar-refractivity contribution in [2.45, 2.75) is 32.1 Å². The number of rotatable bonds is 4. The van der Waals surface area contributed by atoms with E-state index in [0.29, 0.717) is 10.7 Å². The van der Waals surface area contributed by atoms with Gasteiger partial charge in [-0.3, -0.25) is 19.3 Å². The van der Waals surface area contributed by atoms with E-state index in [4.69, 9.17) is 11.6 Å². The summed E-state index contributed by atoms with van der Waals surface area (Å²) in [7, 11) is 0. The molecule has 0 radical (unpaired) electrons. The number of benzene rings is 1. The van der Waals surface area contributed by atoms with E-state index < -0.39 is 0 Å². The molecule has 2 atom stereocenters. The van der Waals surface area contributed by atoms with Crippen molar-refractivity contribution in [3.8, 4) is 0 Å². The fourth-order valence-electron chi connectivity index (χ4n) is 3.45. The van der Waals surface area contributed by atoms with Gasteiger partial charge in [0.05, 0.1) is 11.8 Å². The summed E-state index contributed by atoms with van der Waals surface area (Å²) in [5.74, 6) is -0.757. The molecule has 1 N–H and O–H groups in total. The number of hydrogen-bond donors (Lipinski definition) is 1. The lowest BCUT2D eigenvalue weighted by atomic mass is 9.81. The number of halogens is 1. The molecule has 0 aromatic heterocycles. The highest BCUT2D eigenvalue weighted by atomic mass is 35.5. The Labute approximate surface area is 140 Å². The van der Waals surface area contributed by atoms with Crippen LogP contribution in [0.2, 0.25) is 5.02 Å². The van der Waals surface area contributed by atoms with Crippen LogP contribution in [0, 0.1) is 11.8 Å². The van der Waals surface area contributed by atoms with E-state index in [1.165, 1.54) is 4.90 Å². The monoisotopic (exact) mass is 334 g/mol. The van der Waals surface area contributed by atoms with Crippen LogP contribution in [0.25, 0.3) is 0 Å². The molecule has 0 bridgehead atoms. The first-order valence-electron chi connectivity index (χ1n) is 7.97. The summed E-state index contributed by atoms with van der Waals surface area (Å²) >= 11 is 5.87. The number of anilines is 1. The Morgan fingerprint density at radius 1 is 1.17 bits per heavy atom. The van der Waals surface area contributed by atoms with Crippen LogP contribution in [-0.4, -0.2) is 29.2 Å². The predicted octanol–water partition coefficient (Wildman–Crippen LogP) is 2.84. The Morgan fingerprint density at radius 2 is 1.83 bits per heavy atom. The van der Waals surface area contributed by atoms with Gasteiger partial charge in [-0.1, -0.05) is 30.5 Å². The van der Waals surface area contributed by atoms with Gasteiger partial charge in [0, 0.05) is 23.7 Å². The number of likely N-dealkylation sites (tertiary alicyclic amines) is 1. The molecular weight excluding hydrogens is 316 g/mol. The number of carbonyl (C=O) groups excluding carboxylic acids is 3. The molecule has 1 aromatic carbocycles. The van der Waals surface area contributed by atoms with Gasteiger partial charge in [0.2, 0.25) is 17.7 Å². The Kier molecular flexibility index (Phi) is 4.66. The number of nitrogens with one attached hydrogen (secondary N) is 1. The molecule has 6 heteroatoms. The maximum absolute atomic E-state index is 12.3. The van der Waals surface area contributed by atoms with Gasteiger partial charge < -0.3 is 5.32 Å². The molecule has 0 unspecified atom stereocenters. The van der Waals surface area contributed by atoms with E-state index in [1.807, 2.05) is 0 Å². The van der Waals surface area contributed by atoms with Crippen molar-refractivity contribution in [1.82, 2.24) is 4.90 Å². The average Bonchev–Trinajstić information content (AvgIpc) is 2.77. The average molecular weight is 335 g/mol. The molecule has 122 valence electrons. The summed E-state index contributed by atoms with van der Waals surface area (Å²) in [6.45, 7) is 0.150. The van der Waals surface area contributed by atoms with Crippen LogP contribution in [0.4, 0.5) is 5.69 Å². The zero-order valence-corrected chi connectivity index (χ0v) is 13.5. The standard InChI is InChI=1S/C17H19ClN2O3/c18-11-4-3-5-12(10-11)19-15(21)8-9-20-16(22)13-6-1-2-7-14(13)17(20)23/h3-5,10,13-14H,1-2,6-9H2,(H,19,21)/t13-,14-/m1/s1. The Bertz CT molecular complexity index is 622. The number of nitrogens with zero attached hydrogens (tertiary/aromatic N) is 1. The van der Waals surface area contributed by atoms with Gasteiger partial charge in [0.1, 0.15) is 0 Å². The quantitative estimate of drug-likeness (QED) is 0.861. The van der Waals surface area contributed by atoms with Crippen molar-refractivity contribution in [2.75, 3.05) is 11.9 Å². The molecule has 2 fully saturated rings. The molecule has 1 heterocycles. The minimum atomic E-state index is -0.234. The highest BCUT2D eigenvalue weighted by Crippen LogP contribution is 2.37. The van der Waals surface area contributed by atoms with Gasteiger partial charge in [0.15, 0.2) is 0 Å². The highest BCUT2D eigenvalue weighted by molar-refractivity contribution is 6.30. The fraction of sp³-hybridized carbons (Fsp3) is 0.471. The molecule has 1 aliphatic heterocycles. The van der Waals surface area contributed by atoms with Gasteiger partial charge in [0.25, 0.3) is 0 Å². The van der Waals surface area contributed by atoms with Crippen LogP contribution in [0.15, 0.2) is 24.3 Å². The van der Waals surface area contributed by atoms with Crippen molar-refractivity contribution in [2.24, 2.45) is 11.8 Å². The first-order valence-corrected chi connectivity index (χ1v) is 8.34. The Hall–Kier alpha value is -1.88. The van der Waals surface area contributed by atoms with Crippen LogP contribution in [0.5, 0.6) is 0 Å². The second-order valence-corrected chi connectivity index (χ2v) is 6.57. The summed E-state index contributed by atoms with van der Waals surface area (Å²) in [5, 5.41) is 3.27. The number of carbonyl (C=O) groups is 3. The molecule has 3 rings (SSSR count). The van der Waals surface area contributed by atoms with E-state index in [2.05, 4.69) is 5.32 Å². The maximum atomic E-state index is 12.3. The second kappa shape index (κ2) is 6.71. The smallest absolute Gasteiger partial charge is 0.233 e. The molecule has 3 amide bonds. The van der Waals surface area contributed by atoms with Crippen molar-refractivity contribution in [1.29, 1.82) is 0 Å². The van der Waals surface area contributed by atoms with E-state index >= 15 is 0 Å². The van der Waals surface area contributed by atoms with Gasteiger partial charge in [-0.15, -0.1) is 0 Å². The first-order chi connectivity index (χ1) is 11.1. The molecule has 1 saturated carbocycles. The van der Waals surface area contributed by atoms with Gasteiger partial charge in [-0.05, 0) is 31.0 Å². The van der Waals surface area contributed by atoms with Gasteiger partial charge >= 0.3 is 0 Å². The SMILES string of the molecule is O=C(CCN1C(=O)[C@@H]2CCCC[C@H]2C1=O)Nc1cccc(Cl)c1. The van der Waals surface area contributed by atoms with Gasteiger partial charge in [-0.2, -0.15) is 0 Å². The largest absolute Gasteiger partial charge is 0.326 e. The fourth-order valence-corrected chi connectivity index (χ4v) is 3.64. The lowest BCUT2D eigenvalue weighted by molar-refractivity contribution is -0.140. The third-order valence-electron chi connectivity index (χ3n) is 4.60. The summed E-state index contributed by atoms with van der Waals surface area (Å²) < 4.78 is 0. The van der Waals surface area contributed by atoms with Crippen LogP contribution < -0.4 is 5.32 Å². The molecule has 0 spiro atoms. The lowest BCUT2D eigenvalue weighted by Gasteiger charge is -2.19. The molecule has 23 heavy (non-hydrogen) atoms. The predicted molar refractivity (Wildman–Crippen MR) is 86.9 cm³/mol. The number of imide groups is 1. The summed E-state index contributed by atoms with van der Waals surface area (Å²) in [6, 6.07) is 6.86. The van der Waals surface area contributed by atoms with Crippen molar-refractivity contribution in [3.05, 3.63) is 29.3 Å².